The molecule has 0 radical (unpaired) electrons. The van der Waals surface area contributed by atoms with Crippen LogP contribution >= 0.6 is 27.7 Å². The molecular formula is C11H18BrN3O3S. The van der Waals surface area contributed by atoms with Crippen molar-refractivity contribution in [2.45, 2.75) is 40.3 Å². The monoisotopic (exact) mass is 351 g/mol. The van der Waals surface area contributed by atoms with Gasteiger partial charge in [-0.2, -0.15) is 0 Å². The number of piperidine rings is 1. The fourth-order valence-corrected chi connectivity index (χ4v) is 4.97. The van der Waals surface area contributed by atoms with E-state index < -0.39 is 12.0 Å². The summed E-state index contributed by atoms with van der Waals surface area (Å²) in [5.74, 6) is -1.21. The molecule has 1 amide bonds. The third kappa shape index (κ3) is 3.62. The van der Waals surface area contributed by atoms with Crippen molar-refractivity contribution in [3.05, 3.63) is 0 Å². The van der Waals surface area contributed by atoms with Gasteiger partial charge in [0.1, 0.15) is 6.04 Å². The van der Waals surface area contributed by atoms with Crippen molar-refractivity contribution in [1.82, 2.24) is 10.6 Å². The number of rotatable bonds is 4. The van der Waals surface area contributed by atoms with Gasteiger partial charge >= 0.3 is 5.97 Å². The zero-order valence-corrected chi connectivity index (χ0v) is 12.7. The van der Waals surface area contributed by atoms with Crippen LogP contribution in [-0.4, -0.2) is 57.5 Å². The van der Waals surface area contributed by atoms with Gasteiger partial charge < -0.3 is 21.5 Å². The van der Waals surface area contributed by atoms with Gasteiger partial charge in [0.15, 0.2) is 0 Å². The summed E-state index contributed by atoms with van der Waals surface area (Å²) in [6.07, 6.45) is 1.85. The second kappa shape index (κ2) is 6.43. The van der Waals surface area contributed by atoms with E-state index in [1.165, 1.54) is 0 Å². The maximum atomic E-state index is 12.0. The van der Waals surface area contributed by atoms with Crippen LogP contribution in [-0.2, 0) is 9.59 Å². The van der Waals surface area contributed by atoms with E-state index in [0.717, 1.165) is 19.4 Å². The Morgan fingerprint density at radius 2 is 2.32 bits per heavy atom. The molecule has 0 saturated carbocycles. The maximum Gasteiger partial charge on any atom is 0.322 e. The summed E-state index contributed by atoms with van der Waals surface area (Å²) in [4.78, 5) is 23.0. The molecule has 19 heavy (non-hydrogen) atoms. The Bertz CT molecular complexity index is 371. The highest BCUT2D eigenvalue weighted by Gasteiger charge is 2.43. The van der Waals surface area contributed by atoms with Crippen molar-refractivity contribution in [3.8, 4) is 0 Å². The number of amides is 1. The van der Waals surface area contributed by atoms with Crippen LogP contribution in [0.15, 0.2) is 0 Å². The van der Waals surface area contributed by atoms with Gasteiger partial charge in [0.2, 0.25) is 5.91 Å². The fraction of sp³-hybridized carbons (Fsp3) is 0.818. The number of hydrogen-bond donors (Lipinski definition) is 4. The number of nitrogens with two attached hydrogens (primary N) is 1. The van der Waals surface area contributed by atoms with E-state index in [0.29, 0.717) is 16.1 Å². The number of thioether (sulfide) groups is 1. The summed E-state index contributed by atoms with van der Waals surface area (Å²) in [7, 11) is 0. The third-order valence-electron chi connectivity index (χ3n) is 3.47. The van der Waals surface area contributed by atoms with E-state index in [9.17, 15) is 9.59 Å². The van der Waals surface area contributed by atoms with Gasteiger partial charge in [0.25, 0.3) is 0 Å². The summed E-state index contributed by atoms with van der Waals surface area (Å²) in [6, 6.07) is -0.688. The fourth-order valence-electron chi connectivity index (χ4n) is 2.39. The van der Waals surface area contributed by atoms with E-state index in [-0.39, 0.29) is 17.7 Å². The molecule has 0 aliphatic carbocycles. The van der Waals surface area contributed by atoms with Crippen molar-refractivity contribution < 1.29 is 14.7 Å². The quantitative estimate of drug-likeness (QED) is 0.509. The van der Waals surface area contributed by atoms with Gasteiger partial charge in [0.05, 0.1) is 5.25 Å². The average molecular weight is 352 g/mol. The molecule has 2 rings (SSSR count). The van der Waals surface area contributed by atoms with Crippen LogP contribution in [0.4, 0.5) is 0 Å². The van der Waals surface area contributed by atoms with Crippen molar-refractivity contribution in [2.24, 2.45) is 5.73 Å². The van der Waals surface area contributed by atoms with Crippen LogP contribution in [0.3, 0.4) is 0 Å². The Morgan fingerprint density at radius 1 is 1.58 bits per heavy atom. The van der Waals surface area contributed by atoms with Crippen LogP contribution in [0.1, 0.15) is 12.8 Å². The largest absolute Gasteiger partial charge is 0.480 e. The predicted octanol–water partition coefficient (Wildman–Crippen LogP) is -0.486. The molecule has 108 valence electrons. The first-order valence-electron chi connectivity index (χ1n) is 6.28. The van der Waals surface area contributed by atoms with Gasteiger partial charge in [-0.1, -0.05) is 15.9 Å². The van der Waals surface area contributed by atoms with Gasteiger partial charge in [-0.25, -0.2) is 0 Å². The number of halogens is 1. The molecule has 5 atom stereocenters. The summed E-state index contributed by atoms with van der Waals surface area (Å²) in [5.41, 5.74) is 5.36. The summed E-state index contributed by atoms with van der Waals surface area (Å²) in [5, 5.41) is 15.0. The van der Waals surface area contributed by atoms with E-state index >= 15 is 0 Å². The minimum absolute atomic E-state index is 0.0221. The number of carboxylic acid groups (broad SMARTS) is 1. The number of alkyl halides is 1. The van der Waals surface area contributed by atoms with Crippen molar-refractivity contribution in [2.75, 3.05) is 13.1 Å². The molecule has 2 heterocycles. The molecule has 2 aliphatic heterocycles. The van der Waals surface area contributed by atoms with Gasteiger partial charge in [-0.05, 0) is 19.4 Å². The zero-order valence-electron chi connectivity index (χ0n) is 10.3. The molecule has 8 heteroatoms. The second-order valence-electron chi connectivity index (χ2n) is 4.88. The Hall–Kier alpha value is -0.310. The van der Waals surface area contributed by atoms with Crippen molar-refractivity contribution in [1.29, 1.82) is 0 Å². The summed E-state index contributed by atoms with van der Waals surface area (Å²) < 4.78 is 0. The molecule has 2 saturated heterocycles. The molecule has 4 unspecified atom stereocenters. The third-order valence-corrected chi connectivity index (χ3v) is 6.56. The number of carboxylic acids is 1. The van der Waals surface area contributed by atoms with E-state index in [1.807, 2.05) is 0 Å². The number of nitrogens with one attached hydrogen (secondary N) is 2. The molecule has 0 aromatic rings. The highest BCUT2D eigenvalue weighted by molar-refractivity contribution is 9.09. The second-order valence-corrected chi connectivity index (χ2v) is 7.44. The smallest absolute Gasteiger partial charge is 0.322 e. The molecular weight excluding hydrogens is 334 g/mol. The van der Waals surface area contributed by atoms with Crippen LogP contribution in [0.5, 0.6) is 0 Å². The first kappa shape index (κ1) is 15.1. The lowest BCUT2D eigenvalue weighted by Crippen LogP contribution is -2.46. The SMILES string of the molecule is N[C@H](CNC(=O)C1CC2NCCC(Br)C2S1)C(=O)O. The number of fused-ring (bicyclic) bond motifs is 1. The Labute approximate surface area is 124 Å². The highest BCUT2D eigenvalue weighted by atomic mass is 79.9. The maximum absolute atomic E-state index is 12.0. The lowest BCUT2D eigenvalue weighted by molar-refractivity contribution is -0.138. The van der Waals surface area contributed by atoms with Crippen LogP contribution < -0.4 is 16.4 Å². The predicted molar refractivity (Wildman–Crippen MR) is 77.5 cm³/mol. The van der Waals surface area contributed by atoms with E-state index in [2.05, 4.69) is 26.6 Å². The molecule has 0 aromatic heterocycles. The topological polar surface area (TPSA) is 104 Å². The molecule has 0 bridgehead atoms. The number of carbonyl (C=O) groups excluding carboxylic acids is 1. The standard InChI is InChI=1S/C11H18BrN3O3S/c12-5-1-2-14-7-3-8(19-9(5)7)10(16)15-4-6(13)11(17)18/h5-9,14H,1-4,13H2,(H,15,16)(H,17,18)/t5?,6-,7?,8?,9?/m1/s1. The molecule has 2 fully saturated rings. The lowest BCUT2D eigenvalue weighted by Gasteiger charge is -2.30. The molecule has 5 N–H and O–H groups in total. The minimum atomic E-state index is -1.10. The van der Waals surface area contributed by atoms with Crippen molar-refractivity contribution >= 4 is 39.6 Å². The minimum Gasteiger partial charge on any atom is -0.480 e. The Kier molecular flexibility index (Phi) is 5.10. The van der Waals surface area contributed by atoms with E-state index in [1.54, 1.807) is 11.8 Å². The molecule has 6 nitrogen and oxygen atoms in total. The first-order valence-corrected chi connectivity index (χ1v) is 8.14. The molecule has 2 aliphatic rings. The van der Waals surface area contributed by atoms with Gasteiger partial charge in [-0.15, -0.1) is 11.8 Å². The summed E-state index contributed by atoms with van der Waals surface area (Å²) >= 11 is 5.32. The number of carbonyl (C=O) groups is 2. The number of aliphatic carboxylic acids is 1. The van der Waals surface area contributed by atoms with Gasteiger partial charge in [-0.3, -0.25) is 9.59 Å². The summed E-state index contributed by atoms with van der Waals surface area (Å²) in [6.45, 7) is 0.946. The number of hydrogen-bond acceptors (Lipinski definition) is 5. The zero-order chi connectivity index (χ0) is 14.0. The molecule has 0 aromatic carbocycles. The van der Waals surface area contributed by atoms with Crippen LogP contribution in [0, 0.1) is 0 Å². The normalized spacial score (nSPS) is 35.5. The Morgan fingerprint density at radius 3 is 2.95 bits per heavy atom. The molecule has 0 spiro atoms. The lowest BCUT2D eigenvalue weighted by atomic mass is 10.0. The first-order chi connectivity index (χ1) is 8.99. The average Bonchev–Trinajstić information content (AvgIpc) is 2.80. The van der Waals surface area contributed by atoms with E-state index in [4.69, 9.17) is 10.8 Å². The van der Waals surface area contributed by atoms with Crippen LogP contribution in [0.2, 0.25) is 0 Å². The van der Waals surface area contributed by atoms with Gasteiger partial charge in [0, 0.05) is 22.7 Å². The Balaban J connectivity index is 1.83. The van der Waals surface area contributed by atoms with Crippen molar-refractivity contribution in [3.63, 3.8) is 0 Å². The highest BCUT2D eigenvalue weighted by Crippen LogP contribution is 2.41. The van der Waals surface area contributed by atoms with Crippen LogP contribution in [0.25, 0.3) is 0 Å².